The molecule has 2 heterocycles. The lowest BCUT2D eigenvalue weighted by molar-refractivity contribution is 0.0695. The van der Waals surface area contributed by atoms with Crippen molar-refractivity contribution in [2.45, 2.75) is 59.0 Å². The van der Waals surface area contributed by atoms with Gasteiger partial charge in [-0.3, -0.25) is 4.79 Å². The van der Waals surface area contributed by atoms with Crippen LogP contribution in [0.25, 0.3) is 10.2 Å². The van der Waals surface area contributed by atoms with E-state index in [4.69, 9.17) is 9.97 Å². The summed E-state index contributed by atoms with van der Waals surface area (Å²) in [5.74, 6) is 1.55. The van der Waals surface area contributed by atoms with Crippen LogP contribution in [-0.2, 0) is 6.54 Å². The first-order valence-electron chi connectivity index (χ1n) is 9.58. The van der Waals surface area contributed by atoms with Crippen molar-refractivity contribution in [1.82, 2.24) is 14.9 Å². The zero-order valence-electron chi connectivity index (χ0n) is 16.3. The fourth-order valence-electron chi connectivity index (χ4n) is 3.49. The molecule has 1 fully saturated rings. The smallest absolute Gasteiger partial charge is 0.264 e. The third-order valence-electron chi connectivity index (χ3n) is 5.21. The Morgan fingerprint density at radius 2 is 1.89 bits per heavy atom. The third kappa shape index (κ3) is 3.48. The number of nitrogens with zero attached hydrogens (tertiary/aromatic N) is 3. The summed E-state index contributed by atoms with van der Waals surface area (Å²) >= 11 is 1.52. The summed E-state index contributed by atoms with van der Waals surface area (Å²) in [6.07, 6.45) is 2.36. The van der Waals surface area contributed by atoms with Gasteiger partial charge >= 0.3 is 0 Å². The largest absolute Gasteiger partial charge is 0.331 e. The van der Waals surface area contributed by atoms with Crippen molar-refractivity contribution in [3.63, 3.8) is 0 Å². The molecule has 0 bridgehead atoms. The van der Waals surface area contributed by atoms with Crippen LogP contribution in [0.1, 0.15) is 64.9 Å². The molecule has 1 aliphatic rings. The van der Waals surface area contributed by atoms with E-state index in [1.807, 2.05) is 36.9 Å². The molecule has 0 aliphatic heterocycles. The number of benzene rings is 1. The van der Waals surface area contributed by atoms with E-state index in [0.29, 0.717) is 12.5 Å². The molecule has 4 rings (SSSR count). The van der Waals surface area contributed by atoms with Crippen LogP contribution in [0.4, 0.5) is 0 Å². The molecular formula is C22H25N3OS. The Morgan fingerprint density at radius 1 is 1.19 bits per heavy atom. The van der Waals surface area contributed by atoms with E-state index >= 15 is 0 Å². The van der Waals surface area contributed by atoms with Gasteiger partial charge in [-0.15, -0.1) is 11.3 Å². The molecule has 5 heteroatoms. The highest BCUT2D eigenvalue weighted by Gasteiger charge is 2.29. The van der Waals surface area contributed by atoms with Gasteiger partial charge in [-0.05, 0) is 51.7 Å². The molecule has 0 N–H and O–H groups in total. The fraction of sp³-hybridized carbons (Fsp3) is 0.409. The highest BCUT2D eigenvalue weighted by Crippen LogP contribution is 2.40. The van der Waals surface area contributed by atoms with E-state index in [1.54, 1.807) is 0 Å². The second kappa shape index (κ2) is 7.04. The van der Waals surface area contributed by atoms with Gasteiger partial charge in [-0.1, -0.05) is 30.3 Å². The van der Waals surface area contributed by atoms with E-state index in [-0.39, 0.29) is 11.9 Å². The normalized spacial score (nSPS) is 14.1. The fourth-order valence-corrected chi connectivity index (χ4v) is 4.68. The number of rotatable bonds is 5. The van der Waals surface area contributed by atoms with E-state index in [0.717, 1.165) is 37.7 Å². The minimum atomic E-state index is 0.0849. The van der Waals surface area contributed by atoms with Crippen LogP contribution in [0.2, 0.25) is 0 Å². The van der Waals surface area contributed by atoms with Crippen LogP contribution in [-0.4, -0.2) is 26.8 Å². The second-order valence-corrected chi connectivity index (χ2v) is 8.69. The van der Waals surface area contributed by atoms with Gasteiger partial charge in [0, 0.05) is 23.9 Å². The summed E-state index contributed by atoms with van der Waals surface area (Å²) in [6.45, 7) is 8.82. The van der Waals surface area contributed by atoms with Crippen molar-refractivity contribution in [3.8, 4) is 0 Å². The Morgan fingerprint density at radius 3 is 2.52 bits per heavy atom. The maximum atomic E-state index is 13.4. The first-order chi connectivity index (χ1) is 13.0. The molecular weight excluding hydrogens is 354 g/mol. The van der Waals surface area contributed by atoms with E-state index < -0.39 is 0 Å². The van der Waals surface area contributed by atoms with Crippen molar-refractivity contribution in [2.24, 2.45) is 0 Å². The predicted molar refractivity (Wildman–Crippen MR) is 110 cm³/mol. The van der Waals surface area contributed by atoms with Crippen LogP contribution < -0.4 is 0 Å². The van der Waals surface area contributed by atoms with Gasteiger partial charge in [0.1, 0.15) is 10.7 Å². The molecule has 2 aromatic heterocycles. The maximum absolute atomic E-state index is 13.4. The molecule has 1 amide bonds. The van der Waals surface area contributed by atoms with Crippen LogP contribution in [0.5, 0.6) is 0 Å². The first-order valence-corrected chi connectivity index (χ1v) is 10.4. The SMILES string of the molecule is Cc1nc(C2CC2)nc2sc(C(=O)N(Cc3ccccc3)C(C)C)c(C)c12. The number of thiophene rings is 1. The highest BCUT2D eigenvalue weighted by molar-refractivity contribution is 7.20. The maximum Gasteiger partial charge on any atom is 0.264 e. The number of carbonyl (C=O) groups is 1. The molecule has 1 aromatic carbocycles. The molecule has 1 aliphatic carbocycles. The molecule has 0 radical (unpaired) electrons. The lowest BCUT2D eigenvalue weighted by atomic mass is 10.1. The average molecular weight is 380 g/mol. The lowest BCUT2D eigenvalue weighted by Crippen LogP contribution is -2.36. The summed E-state index contributed by atoms with van der Waals surface area (Å²) in [5, 5.41) is 1.05. The highest BCUT2D eigenvalue weighted by atomic mass is 32.1. The molecule has 27 heavy (non-hydrogen) atoms. The topological polar surface area (TPSA) is 46.1 Å². The third-order valence-corrected chi connectivity index (χ3v) is 6.38. The minimum absolute atomic E-state index is 0.0849. The molecule has 0 unspecified atom stereocenters. The van der Waals surface area contributed by atoms with Crippen LogP contribution in [0, 0.1) is 13.8 Å². The predicted octanol–water partition coefficient (Wildman–Crippen LogP) is 5.24. The Bertz CT molecular complexity index is 990. The van der Waals surface area contributed by atoms with Crippen molar-refractivity contribution in [3.05, 3.63) is 57.9 Å². The summed E-state index contributed by atoms with van der Waals surface area (Å²) in [7, 11) is 0. The second-order valence-electron chi connectivity index (χ2n) is 7.69. The number of hydrogen-bond acceptors (Lipinski definition) is 4. The number of aryl methyl sites for hydroxylation is 2. The Balaban J connectivity index is 1.72. The van der Waals surface area contributed by atoms with Gasteiger partial charge in [0.15, 0.2) is 0 Å². The molecule has 3 aromatic rings. The van der Waals surface area contributed by atoms with Gasteiger partial charge in [-0.2, -0.15) is 0 Å². The number of fused-ring (bicyclic) bond motifs is 1. The Hall–Kier alpha value is -2.27. The van der Waals surface area contributed by atoms with Crippen molar-refractivity contribution in [2.75, 3.05) is 0 Å². The zero-order chi connectivity index (χ0) is 19.1. The average Bonchev–Trinajstić information content (AvgIpc) is 3.44. The number of amides is 1. The molecule has 4 nitrogen and oxygen atoms in total. The van der Waals surface area contributed by atoms with Gasteiger partial charge < -0.3 is 4.90 Å². The minimum Gasteiger partial charge on any atom is -0.331 e. The molecule has 0 saturated heterocycles. The monoisotopic (exact) mass is 379 g/mol. The van der Waals surface area contributed by atoms with Crippen molar-refractivity contribution < 1.29 is 4.79 Å². The molecule has 0 atom stereocenters. The van der Waals surface area contributed by atoms with Gasteiger partial charge in [0.25, 0.3) is 5.91 Å². The summed E-state index contributed by atoms with van der Waals surface area (Å²) in [4.78, 5) is 26.6. The quantitative estimate of drug-likeness (QED) is 0.609. The van der Waals surface area contributed by atoms with Crippen LogP contribution >= 0.6 is 11.3 Å². The lowest BCUT2D eigenvalue weighted by Gasteiger charge is -2.26. The molecule has 1 saturated carbocycles. The first kappa shape index (κ1) is 18.1. The van der Waals surface area contributed by atoms with Gasteiger partial charge in [0.2, 0.25) is 0 Å². The zero-order valence-corrected chi connectivity index (χ0v) is 17.1. The summed E-state index contributed by atoms with van der Waals surface area (Å²) in [5.41, 5.74) is 3.15. The van der Waals surface area contributed by atoms with Crippen molar-refractivity contribution >= 4 is 27.5 Å². The summed E-state index contributed by atoms with van der Waals surface area (Å²) < 4.78 is 0. The number of hydrogen-bond donors (Lipinski definition) is 0. The molecule has 140 valence electrons. The summed E-state index contributed by atoms with van der Waals surface area (Å²) in [6, 6.07) is 10.3. The Kier molecular flexibility index (Phi) is 4.72. The number of aromatic nitrogens is 2. The Labute approximate surface area is 164 Å². The van der Waals surface area contributed by atoms with E-state index in [1.165, 1.54) is 24.2 Å². The van der Waals surface area contributed by atoms with Crippen LogP contribution in [0.15, 0.2) is 30.3 Å². The van der Waals surface area contributed by atoms with Gasteiger partial charge in [0.05, 0.1) is 10.6 Å². The number of carbonyl (C=O) groups excluding carboxylic acids is 1. The standard InChI is InChI=1S/C22H25N3OS/c1-13(2)25(12-16-8-6-5-7-9-16)22(26)19-14(3)18-15(4)23-20(17-10-11-17)24-21(18)27-19/h5-9,13,17H,10-12H2,1-4H3. The van der Waals surface area contributed by atoms with E-state index in [2.05, 4.69) is 26.0 Å². The van der Waals surface area contributed by atoms with Gasteiger partial charge in [-0.25, -0.2) is 9.97 Å². The van der Waals surface area contributed by atoms with E-state index in [9.17, 15) is 4.79 Å². The molecule has 0 spiro atoms. The van der Waals surface area contributed by atoms with Crippen LogP contribution in [0.3, 0.4) is 0 Å². The van der Waals surface area contributed by atoms with Crippen molar-refractivity contribution in [1.29, 1.82) is 0 Å².